The highest BCUT2D eigenvalue weighted by atomic mass is 79.9. The molecule has 1 unspecified atom stereocenters. The summed E-state index contributed by atoms with van der Waals surface area (Å²) in [5, 5.41) is 12.2. The molecule has 1 aliphatic rings. The number of nitrogens with one attached hydrogen (secondary N) is 1. The Labute approximate surface area is 131 Å². The van der Waals surface area contributed by atoms with Crippen LogP contribution in [0.1, 0.15) is 23.1 Å². The third-order valence-electron chi connectivity index (χ3n) is 3.91. The van der Waals surface area contributed by atoms with Gasteiger partial charge in [-0.1, -0.05) is 24.3 Å². The van der Waals surface area contributed by atoms with Crippen LogP contribution in [0.2, 0.25) is 0 Å². The second-order valence-electron chi connectivity index (χ2n) is 5.25. The van der Waals surface area contributed by atoms with Gasteiger partial charge in [-0.05, 0) is 58.5 Å². The lowest BCUT2D eigenvalue weighted by Gasteiger charge is -2.26. The van der Waals surface area contributed by atoms with E-state index in [1.165, 1.54) is 11.1 Å². The number of nitriles is 1. The van der Waals surface area contributed by atoms with E-state index in [0.29, 0.717) is 11.3 Å². The molecular weight excluding hydrogens is 331 g/mol. The van der Waals surface area contributed by atoms with Gasteiger partial charge in [-0.2, -0.15) is 5.26 Å². The lowest BCUT2D eigenvalue weighted by molar-refractivity contribution is 0.589. The van der Waals surface area contributed by atoms with Gasteiger partial charge in [0.05, 0.1) is 15.7 Å². The van der Waals surface area contributed by atoms with Crippen LogP contribution in [0, 0.1) is 17.1 Å². The zero-order valence-corrected chi connectivity index (χ0v) is 13.0. The number of anilines is 1. The van der Waals surface area contributed by atoms with Crippen LogP contribution in [0.3, 0.4) is 0 Å². The number of aryl methyl sites for hydroxylation is 1. The molecule has 2 aromatic carbocycles. The Hall–Kier alpha value is -1.86. The van der Waals surface area contributed by atoms with Crippen molar-refractivity contribution in [1.82, 2.24) is 0 Å². The van der Waals surface area contributed by atoms with Crippen molar-refractivity contribution in [2.75, 3.05) is 5.32 Å². The molecule has 1 N–H and O–H groups in total. The summed E-state index contributed by atoms with van der Waals surface area (Å²) in [6.45, 7) is 0. The Balaban J connectivity index is 1.80. The Kier molecular flexibility index (Phi) is 3.94. The second kappa shape index (κ2) is 5.87. The SMILES string of the molecule is N#Cc1ccc(NC2CCc3ccccc3C2)c(F)c1Br. The highest BCUT2D eigenvalue weighted by molar-refractivity contribution is 9.10. The van der Waals surface area contributed by atoms with Gasteiger partial charge in [-0.15, -0.1) is 0 Å². The summed E-state index contributed by atoms with van der Waals surface area (Å²) >= 11 is 3.14. The van der Waals surface area contributed by atoms with Crippen LogP contribution < -0.4 is 5.32 Å². The van der Waals surface area contributed by atoms with Crippen molar-refractivity contribution in [2.24, 2.45) is 0 Å². The molecule has 21 heavy (non-hydrogen) atoms. The van der Waals surface area contributed by atoms with Gasteiger partial charge in [0.1, 0.15) is 6.07 Å². The molecule has 0 aliphatic heterocycles. The minimum absolute atomic E-state index is 0.217. The Morgan fingerprint density at radius 3 is 2.71 bits per heavy atom. The average molecular weight is 345 g/mol. The number of benzene rings is 2. The Bertz CT molecular complexity index is 721. The Morgan fingerprint density at radius 2 is 1.95 bits per heavy atom. The molecule has 2 aromatic rings. The van der Waals surface area contributed by atoms with Crippen LogP contribution in [0.5, 0.6) is 0 Å². The van der Waals surface area contributed by atoms with Gasteiger partial charge >= 0.3 is 0 Å². The summed E-state index contributed by atoms with van der Waals surface area (Å²) in [4.78, 5) is 0. The maximum Gasteiger partial charge on any atom is 0.161 e. The first-order valence-corrected chi connectivity index (χ1v) is 7.69. The van der Waals surface area contributed by atoms with E-state index in [1.807, 2.05) is 12.1 Å². The van der Waals surface area contributed by atoms with E-state index in [0.717, 1.165) is 19.3 Å². The standard InChI is InChI=1S/C17H14BrFN2/c18-16-13(10-20)6-8-15(17(16)19)21-14-7-5-11-3-1-2-4-12(11)9-14/h1-4,6,8,14,21H,5,7,9H2. The van der Waals surface area contributed by atoms with E-state index in [-0.39, 0.29) is 10.5 Å². The third kappa shape index (κ3) is 2.79. The van der Waals surface area contributed by atoms with Gasteiger partial charge in [0.15, 0.2) is 5.82 Å². The minimum Gasteiger partial charge on any atom is -0.380 e. The molecule has 2 nitrogen and oxygen atoms in total. The van der Waals surface area contributed by atoms with Gasteiger partial charge in [0, 0.05) is 6.04 Å². The van der Waals surface area contributed by atoms with Gasteiger partial charge in [0.25, 0.3) is 0 Å². The number of rotatable bonds is 2. The molecule has 0 aromatic heterocycles. The highest BCUT2D eigenvalue weighted by Gasteiger charge is 2.20. The van der Waals surface area contributed by atoms with Crippen molar-refractivity contribution < 1.29 is 4.39 Å². The molecule has 0 bridgehead atoms. The van der Waals surface area contributed by atoms with Gasteiger partial charge in [-0.3, -0.25) is 0 Å². The average Bonchev–Trinajstić information content (AvgIpc) is 2.52. The molecule has 0 radical (unpaired) electrons. The first-order chi connectivity index (χ1) is 10.2. The number of hydrogen-bond donors (Lipinski definition) is 1. The van der Waals surface area contributed by atoms with E-state index in [1.54, 1.807) is 12.1 Å². The molecule has 0 saturated carbocycles. The highest BCUT2D eigenvalue weighted by Crippen LogP contribution is 2.29. The number of nitrogens with zero attached hydrogens (tertiary/aromatic N) is 1. The predicted molar refractivity (Wildman–Crippen MR) is 84.7 cm³/mol. The van der Waals surface area contributed by atoms with Crippen LogP contribution in [0.25, 0.3) is 0 Å². The fourth-order valence-corrected chi connectivity index (χ4v) is 3.22. The van der Waals surface area contributed by atoms with Crippen LogP contribution in [-0.4, -0.2) is 6.04 Å². The summed E-state index contributed by atoms with van der Waals surface area (Å²) in [5.74, 6) is -0.395. The molecule has 0 amide bonds. The van der Waals surface area contributed by atoms with E-state index < -0.39 is 5.82 Å². The fourth-order valence-electron chi connectivity index (χ4n) is 2.79. The van der Waals surface area contributed by atoms with E-state index in [4.69, 9.17) is 5.26 Å². The van der Waals surface area contributed by atoms with Crippen LogP contribution >= 0.6 is 15.9 Å². The summed E-state index contributed by atoms with van der Waals surface area (Å²) in [7, 11) is 0. The first kappa shape index (κ1) is 14.1. The quantitative estimate of drug-likeness (QED) is 0.874. The molecule has 1 aliphatic carbocycles. The molecule has 106 valence electrons. The monoisotopic (exact) mass is 344 g/mol. The van der Waals surface area contributed by atoms with Crippen LogP contribution in [-0.2, 0) is 12.8 Å². The summed E-state index contributed by atoms with van der Waals surface area (Å²) in [5.41, 5.74) is 3.48. The van der Waals surface area contributed by atoms with Crippen molar-refractivity contribution in [2.45, 2.75) is 25.3 Å². The van der Waals surface area contributed by atoms with Crippen molar-refractivity contribution in [3.8, 4) is 6.07 Å². The smallest absolute Gasteiger partial charge is 0.161 e. The lowest BCUT2D eigenvalue weighted by atomic mass is 9.88. The molecule has 1 atom stereocenters. The zero-order chi connectivity index (χ0) is 14.8. The number of fused-ring (bicyclic) bond motifs is 1. The van der Waals surface area contributed by atoms with Gasteiger partial charge in [0.2, 0.25) is 0 Å². The molecule has 0 spiro atoms. The normalized spacial score (nSPS) is 16.9. The fraction of sp³-hybridized carbons (Fsp3) is 0.235. The Morgan fingerprint density at radius 1 is 1.19 bits per heavy atom. The minimum atomic E-state index is -0.395. The van der Waals surface area contributed by atoms with Crippen LogP contribution in [0.4, 0.5) is 10.1 Å². The van der Waals surface area contributed by atoms with Crippen molar-refractivity contribution >= 4 is 21.6 Å². The van der Waals surface area contributed by atoms with Crippen LogP contribution in [0.15, 0.2) is 40.9 Å². The third-order valence-corrected chi connectivity index (χ3v) is 4.68. The van der Waals surface area contributed by atoms with Gasteiger partial charge in [-0.25, -0.2) is 4.39 Å². The topological polar surface area (TPSA) is 35.8 Å². The van der Waals surface area contributed by atoms with Crippen molar-refractivity contribution in [3.63, 3.8) is 0 Å². The molecular formula is C17H14BrFN2. The van der Waals surface area contributed by atoms with E-state index in [9.17, 15) is 4.39 Å². The summed E-state index contributed by atoms with van der Waals surface area (Å²) in [6, 6.07) is 13.8. The number of hydrogen-bond acceptors (Lipinski definition) is 2. The maximum atomic E-state index is 14.2. The van der Waals surface area contributed by atoms with Gasteiger partial charge < -0.3 is 5.32 Å². The maximum absolute atomic E-state index is 14.2. The molecule has 3 rings (SSSR count). The lowest BCUT2D eigenvalue weighted by Crippen LogP contribution is -2.27. The second-order valence-corrected chi connectivity index (χ2v) is 6.05. The van der Waals surface area contributed by atoms with E-state index in [2.05, 4.69) is 39.4 Å². The zero-order valence-electron chi connectivity index (χ0n) is 11.4. The van der Waals surface area contributed by atoms with Crippen molar-refractivity contribution in [3.05, 3.63) is 63.4 Å². The molecule has 4 heteroatoms. The molecule has 0 heterocycles. The summed E-state index contributed by atoms with van der Waals surface area (Å²) in [6.07, 6.45) is 2.88. The largest absolute Gasteiger partial charge is 0.380 e. The predicted octanol–water partition coefficient (Wildman–Crippen LogP) is 4.43. The molecule has 0 fully saturated rings. The van der Waals surface area contributed by atoms with E-state index >= 15 is 0 Å². The molecule has 0 saturated heterocycles. The summed E-state index contributed by atoms with van der Waals surface area (Å²) < 4.78 is 14.5. The number of halogens is 2. The van der Waals surface area contributed by atoms with Crippen molar-refractivity contribution in [1.29, 1.82) is 5.26 Å². The first-order valence-electron chi connectivity index (χ1n) is 6.90.